The Morgan fingerprint density at radius 1 is 1.50 bits per heavy atom. The van der Waals surface area contributed by atoms with Gasteiger partial charge in [-0.25, -0.2) is 0 Å². The maximum Gasteiger partial charge on any atom is 0.136 e. The van der Waals surface area contributed by atoms with Gasteiger partial charge in [0.25, 0.3) is 0 Å². The van der Waals surface area contributed by atoms with E-state index in [1.807, 2.05) is 6.07 Å². The molecule has 2 unspecified atom stereocenters. The lowest BCUT2D eigenvalue weighted by molar-refractivity contribution is 0.0336. The SMILES string of the molecule is COc1cc(C(O)C(O)CS)ccc1C#N. The van der Waals surface area contributed by atoms with Gasteiger partial charge in [0.05, 0.1) is 18.8 Å². The summed E-state index contributed by atoms with van der Waals surface area (Å²) in [6, 6.07) is 6.64. The van der Waals surface area contributed by atoms with Gasteiger partial charge in [0.15, 0.2) is 0 Å². The lowest BCUT2D eigenvalue weighted by Gasteiger charge is -2.17. The highest BCUT2D eigenvalue weighted by molar-refractivity contribution is 7.80. The summed E-state index contributed by atoms with van der Waals surface area (Å²) in [5, 5.41) is 28.0. The number of aliphatic hydroxyl groups excluding tert-OH is 2. The third-order valence-electron chi connectivity index (χ3n) is 2.24. The van der Waals surface area contributed by atoms with E-state index in [-0.39, 0.29) is 5.75 Å². The van der Waals surface area contributed by atoms with Crippen LogP contribution >= 0.6 is 12.6 Å². The Balaban J connectivity index is 3.04. The lowest BCUT2D eigenvalue weighted by atomic mass is 10.0. The molecule has 16 heavy (non-hydrogen) atoms. The summed E-state index contributed by atoms with van der Waals surface area (Å²) < 4.78 is 5.01. The quantitative estimate of drug-likeness (QED) is 0.682. The van der Waals surface area contributed by atoms with Crippen LogP contribution < -0.4 is 4.74 Å². The van der Waals surface area contributed by atoms with E-state index in [9.17, 15) is 10.2 Å². The highest BCUT2D eigenvalue weighted by atomic mass is 32.1. The van der Waals surface area contributed by atoms with E-state index in [0.29, 0.717) is 16.9 Å². The summed E-state index contributed by atoms with van der Waals surface area (Å²) in [5.74, 6) is 0.536. The number of hydrogen-bond donors (Lipinski definition) is 3. The highest BCUT2D eigenvalue weighted by Gasteiger charge is 2.18. The van der Waals surface area contributed by atoms with Crippen molar-refractivity contribution in [2.75, 3.05) is 12.9 Å². The fraction of sp³-hybridized carbons (Fsp3) is 0.364. The standard InChI is InChI=1S/C11H13NO3S/c1-15-10-4-7(2-3-8(10)5-12)11(14)9(13)6-16/h2-4,9,11,13-14,16H,6H2,1H3. The molecule has 0 aromatic heterocycles. The third kappa shape index (κ3) is 2.67. The lowest BCUT2D eigenvalue weighted by Crippen LogP contribution is -2.19. The summed E-state index contributed by atoms with van der Waals surface area (Å²) in [4.78, 5) is 0. The number of nitrogens with zero attached hydrogens (tertiary/aromatic N) is 1. The molecule has 0 aliphatic rings. The maximum atomic E-state index is 9.74. The van der Waals surface area contributed by atoms with Gasteiger partial charge in [0, 0.05) is 5.75 Å². The number of nitriles is 1. The van der Waals surface area contributed by atoms with Crippen LogP contribution in [0.5, 0.6) is 5.75 Å². The van der Waals surface area contributed by atoms with Crippen LogP contribution in [0.25, 0.3) is 0 Å². The zero-order valence-electron chi connectivity index (χ0n) is 8.79. The second kappa shape index (κ2) is 5.75. The molecule has 1 aromatic rings. The molecule has 86 valence electrons. The number of methoxy groups -OCH3 is 1. The van der Waals surface area contributed by atoms with Crippen LogP contribution in [0.3, 0.4) is 0 Å². The first-order chi connectivity index (χ1) is 7.63. The molecule has 0 saturated carbocycles. The number of hydrogen-bond acceptors (Lipinski definition) is 5. The third-order valence-corrected chi connectivity index (χ3v) is 2.61. The Morgan fingerprint density at radius 2 is 2.19 bits per heavy atom. The minimum absolute atomic E-state index is 0.156. The van der Waals surface area contributed by atoms with Crippen molar-refractivity contribution >= 4 is 12.6 Å². The van der Waals surface area contributed by atoms with Crippen LogP contribution in [-0.4, -0.2) is 29.2 Å². The molecule has 1 aromatic carbocycles. The van der Waals surface area contributed by atoms with Crippen molar-refractivity contribution in [1.29, 1.82) is 5.26 Å². The minimum Gasteiger partial charge on any atom is -0.495 e. The molecule has 0 aliphatic carbocycles. The fourth-order valence-electron chi connectivity index (χ4n) is 1.31. The van der Waals surface area contributed by atoms with Crippen molar-refractivity contribution in [3.8, 4) is 11.8 Å². The Hall–Kier alpha value is -1.22. The van der Waals surface area contributed by atoms with Gasteiger partial charge in [-0.05, 0) is 17.7 Å². The Labute approximate surface area is 99.5 Å². The topological polar surface area (TPSA) is 73.5 Å². The molecule has 2 atom stereocenters. The molecule has 2 N–H and O–H groups in total. The van der Waals surface area contributed by atoms with Gasteiger partial charge in [0.1, 0.15) is 17.9 Å². The Morgan fingerprint density at radius 3 is 2.69 bits per heavy atom. The molecule has 0 spiro atoms. The molecule has 0 aliphatic heterocycles. The first-order valence-corrected chi connectivity index (χ1v) is 5.32. The zero-order valence-corrected chi connectivity index (χ0v) is 9.69. The number of aliphatic hydroxyl groups is 2. The van der Waals surface area contributed by atoms with Crippen molar-refractivity contribution in [3.05, 3.63) is 29.3 Å². The van der Waals surface area contributed by atoms with Gasteiger partial charge in [-0.1, -0.05) is 6.07 Å². The average molecular weight is 239 g/mol. The normalized spacial score (nSPS) is 13.9. The van der Waals surface area contributed by atoms with Gasteiger partial charge >= 0.3 is 0 Å². The second-order valence-corrected chi connectivity index (χ2v) is 3.63. The molecule has 0 radical (unpaired) electrons. The number of ether oxygens (including phenoxy) is 1. The molecular formula is C11H13NO3S. The number of rotatable bonds is 4. The zero-order chi connectivity index (χ0) is 12.1. The van der Waals surface area contributed by atoms with Crippen molar-refractivity contribution in [2.45, 2.75) is 12.2 Å². The van der Waals surface area contributed by atoms with Crippen LogP contribution in [0.15, 0.2) is 18.2 Å². The highest BCUT2D eigenvalue weighted by Crippen LogP contribution is 2.25. The molecule has 4 nitrogen and oxygen atoms in total. The van der Waals surface area contributed by atoms with Gasteiger partial charge in [-0.3, -0.25) is 0 Å². The second-order valence-electron chi connectivity index (χ2n) is 3.27. The molecule has 0 amide bonds. The van der Waals surface area contributed by atoms with Gasteiger partial charge in [-0.15, -0.1) is 0 Å². The van der Waals surface area contributed by atoms with E-state index in [4.69, 9.17) is 10.00 Å². The van der Waals surface area contributed by atoms with Crippen LogP contribution in [0.2, 0.25) is 0 Å². The van der Waals surface area contributed by atoms with Crippen LogP contribution in [0.1, 0.15) is 17.2 Å². The molecule has 0 heterocycles. The number of benzene rings is 1. The van der Waals surface area contributed by atoms with Crippen molar-refractivity contribution in [3.63, 3.8) is 0 Å². The fourth-order valence-corrected chi connectivity index (χ4v) is 1.51. The van der Waals surface area contributed by atoms with E-state index < -0.39 is 12.2 Å². The summed E-state index contributed by atoms with van der Waals surface area (Å²) in [7, 11) is 1.45. The van der Waals surface area contributed by atoms with Crippen LogP contribution in [-0.2, 0) is 0 Å². The van der Waals surface area contributed by atoms with E-state index in [2.05, 4.69) is 12.6 Å². The Bertz CT molecular complexity index is 403. The largest absolute Gasteiger partial charge is 0.495 e. The first-order valence-electron chi connectivity index (χ1n) is 4.69. The first kappa shape index (κ1) is 12.8. The van der Waals surface area contributed by atoms with Gasteiger partial charge in [0.2, 0.25) is 0 Å². The van der Waals surface area contributed by atoms with Crippen LogP contribution in [0, 0.1) is 11.3 Å². The summed E-state index contributed by atoms with van der Waals surface area (Å²) >= 11 is 3.90. The van der Waals surface area contributed by atoms with Crippen LogP contribution in [0.4, 0.5) is 0 Å². The van der Waals surface area contributed by atoms with Crippen molar-refractivity contribution < 1.29 is 14.9 Å². The summed E-state index contributed by atoms with van der Waals surface area (Å²) in [6.45, 7) is 0. The molecule has 5 heteroatoms. The van der Waals surface area contributed by atoms with E-state index in [1.165, 1.54) is 13.2 Å². The smallest absolute Gasteiger partial charge is 0.136 e. The molecular weight excluding hydrogens is 226 g/mol. The molecule has 1 rings (SSSR count). The predicted molar refractivity (Wildman–Crippen MR) is 62.5 cm³/mol. The molecule has 0 fully saturated rings. The van der Waals surface area contributed by atoms with Gasteiger partial charge < -0.3 is 14.9 Å². The monoisotopic (exact) mass is 239 g/mol. The maximum absolute atomic E-state index is 9.74. The number of thiol groups is 1. The van der Waals surface area contributed by atoms with E-state index in [0.717, 1.165) is 0 Å². The van der Waals surface area contributed by atoms with Gasteiger partial charge in [-0.2, -0.15) is 17.9 Å². The Kier molecular flexibility index (Phi) is 4.62. The van der Waals surface area contributed by atoms with Crippen molar-refractivity contribution in [1.82, 2.24) is 0 Å². The summed E-state index contributed by atoms with van der Waals surface area (Å²) in [6.07, 6.45) is -1.97. The van der Waals surface area contributed by atoms with E-state index in [1.54, 1.807) is 12.1 Å². The predicted octanol–water partition coefficient (Wildman–Crippen LogP) is 0.891. The summed E-state index contributed by atoms with van der Waals surface area (Å²) in [5.41, 5.74) is 0.885. The minimum atomic E-state index is -1.03. The average Bonchev–Trinajstić information content (AvgIpc) is 2.35. The molecule has 0 bridgehead atoms. The van der Waals surface area contributed by atoms with E-state index >= 15 is 0 Å². The van der Waals surface area contributed by atoms with Crippen molar-refractivity contribution in [2.24, 2.45) is 0 Å². The molecule has 0 saturated heterocycles.